The van der Waals surface area contributed by atoms with Crippen molar-refractivity contribution in [2.24, 2.45) is 0 Å². The zero-order chi connectivity index (χ0) is 11.5. The van der Waals surface area contributed by atoms with E-state index in [-0.39, 0.29) is 5.88 Å². The monoisotopic (exact) mass is 232 g/mol. The van der Waals surface area contributed by atoms with Crippen molar-refractivity contribution in [1.82, 2.24) is 0 Å². The first-order valence-electron chi connectivity index (χ1n) is 4.84. The SMILES string of the molecule is O=C(CCl)C(=O)c1ccc2ccccc2c1. The Hall–Kier alpha value is -1.67. The standard InChI is InChI=1S/C13H9ClO2/c14-8-12(15)13(16)11-6-5-9-3-1-2-4-10(9)7-11/h1-7H,8H2. The predicted octanol–water partition coefficient (Wildman–Crippen LogP) is 2.83. The summed E-state index contributed by atoms with van der Waals surface area (Å²) in [5, 5.41) is 1.98. The summed E-state index contributed by atoms with van der Waals surface area (Å²) in [4.78, 5) is 22.8. The highest BCUT2D eigenvalue weighted by atomic mass is 35.5. The highest BCUT2D eigenvalue weighted by Crippen LogP contribution is 2.16. The maximum absolute atomic E-state index is 11.6. The smallest absolute Gasteiger partial charge is 0.229 e. The fourth-order valence-corrected chi connectivity index (χ4v) is 1.67. The molecule has 0 spiro atoms. The molecule has 0 N–H and O–H groups in total. The van der Waals surface area contributed by atoms with Crippen LogP contribution in [0.1, 0.15) is 10.4 Å². The van der Waals surface area contributed by atoms with Crippen molar-refractivity contribution < 1.29 is 9.59 Å². The number of alkyl halides is 1. The lowest BCUT2D eigenvalue weighted by Gasteiger charge is -2.01. The molecule has 0 aliphatic heterocycles. The first kappa shape index (κ1) is 10.8. The minimum atomic E-state index is -0.572. The molecule has 2 aromatic rings. The molecule has 0 aliphatic carbocycles. The van der Waals surface area contributed by atoms with Gasteiger partial charge in [-0.25, -0.2) is 0 Å². The van der Waals surface area contributed by atoms with Crippen LogP contribution in [-0.4, -0.2) is 17.4 Å². The molecule has 3 heteroatoms. The number of rotatable bonds is 3. The van der Waals surface area contributed by atoms with E-state index >= 15 is 0 Å². The number of fused-ring (bicyclic) bond motifs is 1. The molecule has 2 rings (SSSR count). The lowest BCUT2D eigenvalue weighted by atomic mass is 10.0. The quantitative estimate of drug-likeness (QED) is 0.463. The number of hydrogen-bond donors (Lipinski definition) is 0. The van der Waals surface area contributed by atoms with Gasteiger partial charge in [0, 0.05) is 5.56 Å². The number of Topliss-reactive ketones (excluding diaryl/α,β-unsaturated/α-hetero) is 2. The molecule has 2 aromatic carbocycles. The van der Waals surface area contributed by atoms with Gasteiger partial charge in [0.15, 0.2) is 0 Å². The van der Waals surface area contributed by atoms with Gasteiger partial charge in [-0.2, -0.15) is 0 Å². The van der Waals surface area contributed by atoms with Crippen LogP contribution in [0.2, 0.25) is 0 Å². The van der Waals surface area contributed by atoms with Crippen molar-refractivity contribution in [1.29, 1.82) is 0 Å². The summed E-state index contributed by atoms with van der Waals surface area (Å²) in [5.41, 5.74) is 0.393. The fraction of sp³-hybridized carbons (Fsp3) is 0.0769. The first-order valence-corrected chi connectivity index (χ1v) is 5.38. The normalized spacial score (nSPS) is 10.3. The molecular formula is C13H9ClO2. The molecule has 0 atom stereocenters. The van der Waals surface area contributed by atoms with Gasteiger partial charge in [0.25, 0.3) is 0 Å². The van der Waals surface area contributed by atoms with Gasteiger partial charge < -0.3 is 0 Å². The van der Waals surface area contributed by atoms with Gasteiger partial charge in [-0.15, -0.1) is 11.6 Å². The number of benzene rings is 2. The van der Waals surface area contributed by atoms with Crippen LogP contribution in [0.15, 0.2) is 42.5 Å². The Kier molecular flexibility index (Phi) is 3.02. The molecule has 0 heterocycles. The van der Waals surface area contributed by atoms with Crippen molar-refractivity contribution >= 4 is 33.9 Å². The minimum Gasteiger partial charge on any atom is -0.289 e. The molecule has 80 valence electrons. The molecule has 0 unspecified atom stereocenters. The third kappa shape index (κ3) is 1.97. The van der Waals surface area contributed by atoms with Crippen LogP contribution >= 0.6 is 11.6 Å². The first-order chi connectivity index (χ1) is 7.72. The lowest BCUT2D eigenvalue weighted by Crippen LogP contribution is -2.15. The highest BCUT2D eigenvalue weighted by Gasteiger charge is 2.14. The van der Waals surface area contributed by atoms with E-state index < -0.39 is 11.6 Å². The molecular weight excluding hydrogens is 224 g/mol. The van der Waals surface area contributed by atoms with Gasteiger partial charge in [0.05, 0.1) is 5.88 Å². The maximum Gasteiger partial charge on any atom is 0.229 e. The van der Waals surface area contributed by atoms with Gasteiger partial charge in [-0.1, -0.05) is 36.4 Å². The third-order valence-electron chi connectivity index (χ3n) is 2.39. The van der Waals surface area contributed by atoms with Crippen LogP contribution in [0.3, 0.4) is 0 Å². The van der Waals surface area contributed by atoms with Crippen molar-refractivity contribution in [2.45, 2.75) is 0 Å². The van der Waals surface area contributed by atoms with E-state index in [1.807, 2.05) is 30.3 Å². The summed E-state index contributed by atoms with van der Waals surface area (Å²) < 4.78 is 0. The summed E-state index contributed by atoms with van der Waals surface area (Å²) >= 11 is 5.34. The van der Waals surface area contributed by atoms with E-state index in [1.54, 1.807) is 12.1 Å². The van der Waals surface area contributed by atoms with Crippen molar-refractivity contribution in [2.75, 3.05) is 5.88 Å². The van der Waals surface area contributed by atoms with Gasteiger partial charge in [-0.3, -0.25) is 9.59 Å². The topological polar surface area (TPSA) is 34.1 Å². The zero-order valence-electron chi connectivity index (χ0n) is 8.44. The number of halogens is 1. The van der Waals surface area contributed by atoms with Gasteiger partial charge in [0.2, 0.25) is 11.6 Å². The maximum atomic E-state index is 11.6. The van der Waals surface area contributed by atoms with E-state index in [4.69, 9.17) is 11.6 Å². The molecule has 2 nitrogen and oxygen atoms in total. The van der Waals surface area contributed by atoms with Gasteiger partial charge >= 0.3 is 0 Å². The molecule has 0 fully saturated rings. The molecule has 0 bridgehead atoms. The van der Waals surface area contributed by atoms with Crippen LogP contribution in [0.5, 0.6) is 0 Å². The summed E-state index contributed by atoms with van der Waals surface area (Å²) in [6.45, 7) is 0. The second-order valence-corrected chi connectivity index (χ2v) is 3.72. The zero-order valence-corrected chi connectivity index (χ0v) is 9.20. The van der Waals surface area contributed by atoms with Gasteiger partial charge in [-0.05, 0) is 16.8 Å². The summed E-state index contributed by atoms with van der Waals surface area (Å²) in [6.07, 6.45) is 0. The second kappa shape index (κ2) is 4.45. The van der Waals surface area contributed by atoms with Crippen molar-refractivity contribution in [3.63, 3.8) is 0 Å². The van der Waals surface area contributed by atoms with E-state index in [0.29, 0.717) is 5.56 Å². The molecule has 0 aromatic heterocycles. The molecule has 0 aliphatic rings. The van der Waals surface area contributed by atoms with E-state index in [0.717, 1.165) is 10.8 Å². The van der Waals surface area contributed by atoms with E-state index in [1.165, 1.54) is 0 Å². The summed E-state index contributed by atoms with van der Waals surface area (Å²) in [6, 6.07) is 12.8. The molecule has 0 amide bonds. The Morgan fingerprint density at radius 2 is 1.69 bits per heavy atom. The van der Waals surface area contributed by atoms with Crippen LogP contribution in [0.4, 0.5) is 0 Å². The minimum absolute atomic E-state index is 0.272. The molecule has 0 saturated heterocycles. The average Bonchev–Trinajstić information content (AvgIpc) is 2.36. The van der Waals surface area contributed by atoms with E-state index in [2.05, 4.69) is 0 Å². The van der Waals surface area contributed by atoms with E-state index in [9.17, 15) is 9.59 Å². The highest BCUT2D eigenvalue weighted by molar-refractivity contribution is 6.51. The number of carbonyl (C=O) groups is 2. The second-order valence-electron chi connectivity index (χ2n) is 3.45. The Morgan fingerprint density at radius 3 is 2.38 bits per heavy atom. The Bertz CT molecular complexity index is 561. The molecule has 0 radical (unpaired) electrons. The lowest BCUT2D eigenvalue weighted by molar-refractivity contribution is -0.112. The fourth-order valence-electron chi connectivity index (χ4n) is 1.55. The predicted molar refractivity (Wildman–Crippen MR) is 64.0 cm³/mol. The largest absolute Gasteiger partial charge is 0.289 e. The molecule has 0 saturated carbocycles. The Labute approximate surface area is 97.8 Å². The summed E-state index contributed by atoms with van der Waals surface area (Å²) in [7, 11) is 0. The number of ketones is 2. The van der Waals surface area contributed by atoms with Crippen LogP contribution in [0.25, 0.3) is 10.8 Å². The Balaban J connectivity index is 2.47. The number of hydrogen-bond acceptors (Lipinski definition) is 2. The average molecular weight is 233 g/mol. The van der Waals surface area contributed by atoms with Gasteiger partial charge in [0.1, 0.15) is 0 Å². The van der Waals surface area contributed by atoms with Crippen LogP contribution in [0, 0.1) is 0 Å². The molecule has 16 heavy (non-hydrogen) atoms. The van der Waals surface area contributed by atoms with Crippen LogP contribution in [-0.2, 0) is 4.79 Å². The number of carbonyl (C=O) groups excluding carboxylic acids is 2. The third-order valence-corrected chi connectivity index (χ3v) is 2.63. The summed E-state index contributed by atoms with van der Waals surface area (Å²) in [5.74, 6) is -1.37. The van der Waals surface area contributed by atoms with Crippen molar-refractivity contribution in [3.8, 4) is 0 Å². The van der Waals surface area contributed by atoms with Crippen molar-refractivity contribution in [3.05, 3.63) is 48.0 Å². The Morgan fingerprint density at radius 1 is 1.00 bits per heavy atom. The van der Waals surface area contributed by atoms with Crippen LogP contribution < -0.4 is 0 Å².